The quantitative estimate of drug-likeness (QED) is 0.221. The summed E-state index contributed by atoms with van der Waals surface area (Å²) >= 11 is -2.92. The average Bonchev–Trinajstić information content (AvgIpc) is 3.74. The summed E-state index contributed by atoms with van der Waals surface area (Å²) in [4.78, 5) is 0. The van der Waals surface area contributed by atoms with Crippen LogP contribution in [0.15, 0.2) is 137 Å². The molecule has 0 radical (unpaired) electrons. The number of fused-ring (bicyclic) bond motifs is 5. The summed E-state index contributed by atoms with van der Waals surface area (Å²) in [7, 11) is 0. The Bertz CT molecular complexity index is 2270. The van der Waals surface area contributed by atoms with Gasteiger partial charge in [-0.05, 0) is 0 Å². The molecule has 0 saturated carbocycles. The molecule has 0 fully saturated rings. The van der Waals surface area contributed by atoms with Gasteiger partial charge in [-0.15, -0.1) is 0 Å². The zero-order valence-corrected chi connectivity index (χ0v) is 33.8. The molecule has 0 N–H and O–H groups in total. The van der Waals surface area contributed by atoms with Crippen LogP contribution >= 0.6 is 0 Å². The molecule has 0 heterocycles. The normalized spacial score (nSPS) is 13.2. The van der Waals surface area contributed by atoms with E-state index in [1.165, 1.54) is 60.5 Å². The molecule has 6 aromatic rings. The van der Waals surface area contributed by atoms with Crippen molar-refractivity contribution < 1.29 is 46.1 Å². The van der Waals surface area contributed by atoms with Gasteiger partial charge in [0.1, 0.15) is 0 Å². The Kier molecular flexibility index (Phi) is 10.2. The Morgan fingerprint density at radius 3 is 1.70 bits per heavy atom. The molecule has 2 aliphatic rings. The number of rotatable bonds is 4. The summed E-state index contributed by atoms with van der Waals surface area (Å²) in [5.74, 6) is 0. The SMILES string of the molecule is CC(C)(C)c1ccc2c(c1)-c1cc(C(C)(C)C)c[c]([Zr+2]([C]3=CC=CC3)=[C](c3cccc4ccccc34)c3cccc4ccccc34)c1C2.[Cl-].[Cl-]. The second kappa shape index (κ2) is 14.0. The van der Waals surface area contributed by atoms with Gasteiger partial charge in [0.15, 0.2) is 0 Å². The van der Waals surface area contributed by atoms with Crippen LogP contribution in [0.2, 0.25) is 0 Å². The van der Waals surface area contributed by atoms with Crippen LogP contribution in [0, 0.1) is 0 Å². The van der Waals surface area contributed by atoms with Gasteiger partial charge >= 0.3 is 296 Å². The minimum Gasteiger partial charge on any atom is -1.00 e. The number of hydrogen-bond donors (Lipinski definition) is 0. The van der Waals surface area contributed by atoms with Gasteiger partial charge in [0, 0.05) is 0 Å². The van der Waals surface area contributed by atoms with E-state index in [9.17, 15) is 0 Å². The van der Waals surface area contributed by atoms with E-state index in [4.69, 9.17) is 0 Å². The van der Waals surface area contributed by atoms with Crippen molar-refractivity contribution in [3.8, 4) is 11.1 Å². The van der Waals surface area contributed by atoms with Crippen LogP contribution in [0.1, 0.15) is 81.3 Å². The molecule has 0 bridgehead atoms. The van der Waals surface area contributed by atoms with Crippen LogP contribution in [0.3, 0.4) is 0 Å². The Morgan fingerprint density at radius 2 is 1.14 bits per heavy atom. The zero-order chi connectivity index (χ0) is 33.2. The molecule has 0 aliphatic heterocycles. The van der Waals surface area contributed by atoms with Crippen LogP contribution in [-0.2, 0) is 38.5 Å². The van der Waals surface area contributed by atoms with Gasteiger partial charge in [-0.2, -0.15) is 0 Å². The largest absolute Gasteiger partial charge is 1.00 e. The van der Waals surface area contributed by atoms with Crippen LogP contribution in [0.5, 0.6) is 0 Å². The molecule has 50 heavy (non-hydrogen) atoms. The summed E-state index contributed by atoms with van der Waals surface area (Å²) in [6.07, 6.45) is 9.25. The Balaban J connectivity index is 0.00000216. The fourth-order valence-electron chi connectivity index (χ4n) is 7.80. The first-order valence-corrected chi connectivity index (χ1v) is 21.1. The summed E-state index contributed by atoms with van der Waals surface area (Å²) in [6, 6.07) is 44.5. The van der Waals surface area contributed by atoms with Crippen molar-refractivity contribution in [2.24, 2.45) is 0 Å². The molecule has 0 saturated heterocycles. The van der Waals surface area contributed by atoms with Gasteiger partial charge in [-0.3, -0.25) is 0 Å². The van der Waals surface area contributed by atoms with Gasteiger partial charge in [-0.1, -0.05) is 0 Å². The molecule has 0 amide bonds. The molecule has 0 nitrogen and oxygen atoms in total. The molecule has 3 heteroatoms. The summed E-state index contributed by atoms with van der Waals surface area (Å²) < 4.78 is 4.91. The molecule has 2 aliphatic carbocycles. The third-order valence-corrected chi connectivity index (χ3v) is 17.9. The van der Waals surface area contributed by atoms with Crippen molar-refractivity contribution in [2.75, 3.05) is 0 Å². The van der Waals surface area contributed by atoms with Crippen LogP contribution < -0.4 is 28.1 Å². The van der Waals surface area contributed by atoms with E-state index in [-0.39, 0.29) is 35.6 Å². The summed E-state index contributed by atoms with van der Waals surface area (Å²) in [6.45, 7) is 14.2. The molecule has 0 unspecified atom stereocenters. The third kappa shape index (κ3) is 6.47. The van der Waals surface area contributed by atoms with E-state index in [0.29, 0.717) is 0 Å². The maximum atomic E-state index is 2.67. The van der Waals surface area contributed by atoms with E-state index in [0.717, 1.165) is 12.8 Å². The second-order valence-electron chi connectivity index (χ2n) is 15.7. The fraction of sp³-hybridized carbons (Fsp3) is 0.213. The van der Waals surface area contributed by atoms with E-state index in [1.807, 2.05) is 0 Å². The van der Waals surface area contributed by atoms with E-state index in [2.05, 4.69) is 175 Å². The summed E-state index contributed by atoms with van der Waals surface area (Å²) in [5.41, 5.74) is 11.8. The van der Waals surface area contributed by atoms with Crippen molar-refractivity contribution in [2.45, 2.75) is 65.2 Å². The second-order valence-corrected chi connectivity index (χ2v) is 21.7. The Morgan fingerprint density at radius 1 is 0.580 bits per heavy atom. The molecule has 0 spiro atoms. The molecular formula is C47H44Cl2Zr. The van der Waals surface area contributed by atoms with E-state index >= 15 is 0 Å². The van der Waals surface area contributed by atoms with Crippen molar-refractivity contribution in [3.63, 3.8) is 0 Å². The topological polar surface area (TPSA) is 0 Å². The van der Waals surface area contributed by atoms with Crippen molar-refractivity contribution in [1.29, 1.82) is 0 Å². The maximum absolute atomic E-state index is 2.92. The predicted octanol–water partition coefficient (Wildman–Crippen LogP) is 5.52. The van der Waals surface area contributed by atoms with E-state index in [1.54, 1.807) is 15.3 Å². The molecular weight excluding hydrogens is 727 g/mol. The smallest absolute Gasteiger partial charge is 1.00 e. The predicted molar refractivity (Wildman–Crippen MR) is 205 cm³/mol. The van der Waals surface area contributed by atoms with Crippen LogP contribution in [0.25, 0.3) is 32.7 Å². The molecule has 0 atom stereocenters. The maximum Gasteiger partial charge on any atom is -1.00 e. The molecule has 0 aromatic heterocycles. The third-order valence-electron chi connectivity index (χ3n) is 10.5. The summed E-state index contributed by atoms with van der Waals surface area (Å²) in [5, 5.41) is 5.33. The number of halogens is 2. The van der Waals surface area contributed by atoms with Crippen LogP contribution in [-0.4, -0.2) is 3.21 Å². The average molecular weight is 771 g/mol. The zero-order valence-electron chi connectivity index (χ0n) is 29.9. The van der Waals surface area contributed by atoms with Crippen LogP contribution in [0.4, 0.5) is 0 Å². The first-order chi connectivity index (χ1) is 23.1. The number of hydrogen-bond acceptors (Lipinski definition) is 0. The molecule has 250 valence electrons. The molecule has 6 aromatic carbocycles. The van der Waals surface area contributed by atoms with Gasteiger partial charge in [0.2, 0.25) is 0 Å². The van der Waals surface area contributed by atoms with Gasteiger partial charge in [0.05, 0.1) is 0 Å². The van der Waals surface area contributed by atoms with Gasteiger partial charge < -0.3 is 24.8 Å². The Labute approximate surface area is 318 Å². The number of allylic oxidation sites excluding steroid dienone is 4. The minimum absolute atomic E-state index is 0. The minimum atomic E-state index is -2.92. The monoisotopic (exact) mass is 768 g/mol. The van der Waals surface area contributed by atoms with Crippen molar-refractivity contribution in [1.82, 2.24) is 0 Å². The van der Waals surface area contributed by atoms with Crippen molar-refractivity contribution >= 4 is 28.0 Å². The Hall–Kier alpha value is -3.35. The van der Waals surface area contributed by atoms with E-state index < -0.39 is 21.3 Å². The standard InChI is InChI=1S/C21H14.C21H25.C5H5.2ClH.Zr/c1-3-13-20-16(7-1)9-5-11-18(20)15-19-12-6-10-17-8-2-4-14-21(17)19;1-20(2,3)16-9-7-14-11-15-8-10-17(21(4,5)6)13-19(15)18(14)12-16;1-2-4-5-3-1;;;/h1-14H;7,9-10,12-13H,11H2,1-6H3;1-3H,4H2;2*1H;/q;;;;;+2/p-2. The first kappa shape index (κ1) is 36.4. The molecule has 8 rings (SSSR count). The first-order valence-electron chi connectivity index (χ1n) is 17.5. The van der Waals surface area contributed by atoms with Gasteiger partial charge in [-0.25, -0.2) is 0 Å². The van der Waals surface area contributed by atoms with Crippen molar-refractivity contribution in [3.05, 3.63) is 170 Å². The fourth-order valence-corrected chi connectivity index (χ4v) is 16.0. The number of benzene rings is 6. The van der Waals surface area contributed by atoms with Gasteiger partial charge in [0.25, 0.3) is 0 Å².